The predicted octanol–water partition coefficient (Wildman–Crippen LogP) is 2.88. The number of nitrogens with zero attached hydrogens (tertiary/aromatic N) is 4. The summed E-state index contributed by atoms with van der Waals surface area (Å²) in [5.74, 6) is 0.884. The number of phenolic OH excluding ortho intramolecular Hbond substituents is 1. The van der Waals surface area contributed by atoms with E-state index in [0.29, 0.717) is 23.6 Å². The van der Waals surface area contributed by atoms with Crippen LogP contribution in [0.4, 0.5) is 5.13 Å². The number of piperidine rings is 2. The summed E-state index contributed by atoms with van der Waals surface area (Å²) in [5.41, 5.74) is 2.57. The predicted molar refractivity (Wildman–Crippen MR) is 106 cm³/mol. The standard InChI is InChI=1S/C19H22N6OS/c1-25(16-7-14-4-2-12(16)8-20-14)19-24-23-18(27-19)15-5-3-11(6-17(15)26)13-9-21-22-10-13/h3,5-6,9-10,12,14,16,20,26H,2,4,7-8H2,1H3,(H,21,22)/t12?,14?,16-/m0/s1. The van der Waals surface area contributed by atoms with Crippen molar-refractivity contribution in [1.29, 1.82) is 0 Å². The molecule has 140 valence electrons. The molecule has 2 aliphatic heterocycles. The van der Waals surface area contributed by atoms with E-state index in [-0.39, 0.29) is 5.75 Å². The van der Waals surface area contributed by atoms with Crippen molar-refractivity contribution < 1.29 is 5.11 Å². The van der Waals surface area contributed by atoms with Crippen LogP contribution in [0, 0.1) is 5.92 Å². The minimum Gasteiger partial charge on any atom is -0.507 e. The maximum Gasteiger partial charge on any atom is 0.208 e. The second-order valence-corrected chi connectivity index (χ2v) is 8.42. The second-order valence-electron chi connectivity index (χ2n) is 7.47. The molecular weight excluding hydrogens is 360 g/mol. The SMILES string of the molecule is CN(c1nnc(-c2ccc(-c3cn[nH]c3)cc2O)s1)[C@H]1CC2CCC1CN2. The van der Waals surface area contributed by atoms with E-state index in [1.54, 1.807) is 18.5 Å². The first-order valence-electron chi connectivity index (χ1n) is 9.31. The smallest absolute Gasteiger partial charge is 0.208 e. The Bertz CT molecular complexity index is 932. The highest BCUT2D eigenvalue weighted by atomic mass is 32.1. The van der Waals surface area contributed by atoms with Crippen molar-refractivity contribution >= 4 is 16.5 Å². The minimum atomic E-state index is 0.208. The molecule has 7 nitrogen and oxygen atoms in total. The molecule has 0 spiro atoms. The lowest BCUT2D eigenvalue weighted by molar-refractivity contribution is 0.178. The first-order valence-corrected chi connectivity index (χ1v) is 10.1. The van der Waals surface area contributed by atoms with Crippen LogP contribution in [0.25, 0.3) is 21.7 Å². The molecule has 3 N–H and O–H groups in total. The van der Waals surface area contributed by atoms with Gasteiger partial charge in [-0.25, -0.2) is 0 Å². The van der Waals surface area contributed by atoms with Crippen LogP contribution < -0.4 is 10.2 Å². The Hall–Kier alpha value is -2.45. The third-order valence-electron chi connectivity index (χ3n) is 5.90. The van der Waals surface area contributed by atoms with Crippen LogP contribution in [-0.4, -0.2) is 51.2 Å². The summed E-state index contributed by atoms with van der Waals surface area (Å²) in [6.07, 6.45) is 7.28. The normalized spacial score (nSPS) is 24.3. The zero-order chi connectivity index (χ0) is 18.4. The van der Waals surface area contributed by atoms with Gasteiger partial charge in [-0.3, -0.25) is 5.10 Å². The van der Waals surface area contributed by atoms with Gasteiger partial charge in [0.15, 0.2) is 5.01 Å². The number of fused-ring (bicyclic) bond motifs is 3. The Morgan fingerprint density at radius 2 is 2.15 bits per heavy atom. The van der Waals surface area contributed by atoms with Crippen LogP contribution in [0.5, 0.6) is 5.75 Å². The molecule has 3 aliphatic rings. The van der Waals surface area contributed by atoms with Crippen LogP contribution >= 0.6 is 11.3 Å². The Morgan fingerprint density at radius 3 is 2.81 bits per heavy atom. The van der Waals surface area contributed by atoms with Crippen LogP contribution in [0.3, 0.4) is 0 Å². The average molecular weight is 382 g/mol. The fourth-order valence-corrected chi connectivity index (χ4v) is 5.23. The molecule has 0 amide bonds. The number of benzene rings is 1. The highest BCUT2D eigenvalue weighted by molar-refractivity contribution is 7.18. The molecule has 2 aromatic heterocycles. The van der Waals surface area contributed by atoms with Crippen LogP contribution in [0.1, 0.15) is 19.3 Å². The van der Waals surface area contributed by atoms with Gasteiger partial charge in [0.2, 0.25) is 5.13 Å². The molecular formula is C19H22N6OS. The van der Waals surface area contributed by atoms with Crippen molar-refractivity contribution in [3.8, 4) is 27.4 Å². The fourth-order valence-electron chi connectivity index (χ4n) is 4.33. The van der Waals surface area contributed by atoms with Gasteiger partial charge in [0.05, 0.1) is 11.8 Å². The van der Waals surface area contributed by atoms with E-state index in [2.05, 4.69) is 37.7 Å². The lowest BCUT2D eigenvalue weighted by atomic mass is 9.77. The van der Waals surface area contributed by atoms with Gasteiger partial charge in [-0.15, -0.1) is 10.2 Å². The van der Waals surface area contributed by atoms with E-state index < -0.39 is 0 Å². The van der Waals surface area contributed by atoms with Crippen LogP contribution in [-0.2, 0) is 0 Å². The molecule has 2 unspecified atom stereocenters. The summed E-state index contributed by atoms with van der Waals surface area (Å²) < 4.78 is 0. The summed E-state index contributed by atoms with van der Waals surface area (Å²) in [6.45, 7) is 1.10. The van der Waals surface area contributed by atoms with Crippen molar-refractivity contribution in [1.82, 2.24) is 25.7 Å². The summed E-state index contributed by atoms with van der Waals surface area (Å²) in [4.78, 5) is 2.29. The van der Waals surface area contributed by atoms with Crippen molar-refractivity contribution in [2.24, 2.45) is 5.92 Å². The van der Waals surface area contributed by atoms with Crippen molar-refractivity contribution in [3.63, 3.8) is 0 Å². The quantitative estimate of drug-likeness (QED) is 0.643. The van der Waals surface area contributed by atoms with Gasteiger partial charge in [-0.05, 0) is 42.9 Å². The molecule has 2 bridgehead atoms. The molecule has 8 heteroatoms. The van der Waals surface area contributed by atoms with Gasteiger partial charge >= 0.3 is 0 Å². The number of anilines is 1. The summed E-state index contributed by atoms with van der Waals surface area (Å²) >= 11 is 1.54. The lowest BCUT2D eigenvalue weighted by Crippen LogP contribution is -2.56. The Labute approximate surface area is 161 Å². The van der Waals surface area contributed by atoms with Gasteiger partial charge in [0.1, 0.15) is 5.75 Å². The number of aromatic hydroxyl groups is 1. The van der Waals surface area contributed by atoms with E-state index >= 15 is 0 Å². The highest BCUT2D eigenvalue weighted by Crippen LogP contribution is 2.39. The molecule has 1 aliphatic carbocycles. The summed E-state index contributed by atoms with van der Waals surface area (Å²) in [7, 11) is 2.12. The number of phenols is 1. The number of rotatable bonds is 4. The van der Waals surface area contributed by atoms with Gasteiger partial charge < -0.3 is 15.3 Å². The molecule has 0 radical (unpaired) electrons. The van der Waals surface area contributed by atoms with Gasteiger partial charge in [-0.2, -0.15) is 5.10 Å². The van der Waals surface area contributed by atoms with Gasteiger partial charge in [-0.1, -0.05) is 17.4 Å². The van der Waals surface area contributed by atoms with Crippen LogP contribution in [0.2, 0.25) is 0 Å². The maximum atomic E-state index is 10.5. The van der Waals surface area contributed by atoms with Crippen LogP contribution in [0.15, 0.2) is 30.6 Å². The lowest BCUT2D eigenvalue weighted by Gasteiger charge is -2.46. The number of hydrogen-bond donors (Lipinski definition) is 3. The van der Waals surface area contributed by atoms with E-state index in [1.165, 1.54) is 30.6 Å². The van der Waals surface area contributed by atoms with Gasteiger partial charge in [0.25, 0.3) is 0 Å². The summed E-state index contributed by atoms with van der Waals surface area (Å²) in [5, 5.41) is 31.3. The molecule has 27 heavy (non-hydrogen) atoms. The Kier molecular flexibility index (Phi) is 4.09. The first kappa shape index (κ1) is 16.7. The molecule has 3 atom stereocenters. The largest absolute Gasteiger partial charge is 0.507 e. The third kappa shape index (κ3) is 2.98. The van der Waals surface area contributed by atoms with E-state index in [1.807, 2.05) is 12.1 Å². The maximum absolute atomic E-state index is 10.5. The third-order valence-corrected chi connectivity index (χ3v) is 6.95. The first-order chi connectivity index (χ1) is 13.2. The number of hydrogen-bond acceptors (Lipinski definition) is 7. The molecule has 2 saturated heterocycles. The van der Waals surface area contributed by atoms with E-state index in [0.717, 1.165) is 27.8 Å². The molecule has 6 rings (SSSR count). The highest BCUT2D eigenvalue weighted by Gasteiger charge is 2.38. The monoisotopic (exact) mass is 382 g/mol. The minimum absolute atomic E-state index is 0.208. The fraction of sp³-hybridized carbons (Fsp3) is 0.421. The molecule has 1 aromatic carbocycles. The Balaban J connectivity index is 1.39. The molecule has 1 saturated carbocycles. The van der Waals surface area contributed by atoms with Crippen molar-refractivity contribution in [2.75, 3.05) is 18.5 Å². The molecule has 4 heterocycles. The molecule has 3 fully saturated rings. The Morgan fingerprint density at radius 1 is 1.22 bits per heavy atom. The second kappa shape index (κ2) is 6.61. The average Bonchev–Trinajstić information content (AvgIpc) is 3.40. The zero-order valence-electron chi connectivity index (χ0n) is 15.1. The molecule has 3 aromatic rings. The number of aromatic amines is 1. The topological polar surface area (TPSA) is 90.0 Å². The number of nitrogens with one attached hydrogen (secondary N) is 2. The number of aromatic nitrogens is 4. The van der Waals surface area contributed by atoms with Gasteiger partial charge in [0, 0.05) is 37.4 Å². The van der Waals surface area contributed by atoms with E-state index in [4.69, 9.17) is 0 Å². The van der Waals surface area contributed by atoms with E-state index in [9.17, 15) is 5.11 Å². The van der Waals surface area contributed by atoms with Crippen molar-refractivity contribution in [3.05, 3.63) is 30.6 Å². The van der Waals surface area contributed by atoms with Crippen molar-refractivity contribution in [2.45, 2.75) is 31.3 Å². The zero-order valence-corrected chi connectivity index (χ0v) is 15.9. The number of H-pyrrole nitrogens is 1. The summed E-state index contributed by atoms with van der Waals surface area (Å²) in [6, 6.07) is 6.76.